The molecule has 0 saturated heterocycles. The highest BCUT2D eigenvalue weighted by Gasteiger charge is 2.19. The van der Waals surface area contributed by atoms with E-state index in [1.807, 2.05) is 0 Å². The Hall–Kier alpha value is -2.35. The molecule has 136 valence electrons. The number of para-hydroxylation sites is 1. The zero-order chi connectivity index (χ0) is 19.0. The van der Waals surface area contributed by atoms with E-state index < -0.39 is 0 Å². The first-order chi connectivity index (χ1) is 12.4. The summed E-state index contributed by atoms with van der Waals surface area (Å²) < 4.78 is 0. The number of nitrogens with two attached hydrogens (primary N) is 1. The molecule has 0 fully saturated rings. The predicted octanol–water partition coefficient (Wildman–Crippen LogP) is 6.62. The van der Waals surface area contributed by atoms with Crippen molar-refractivity contribution in [2.24, 2.45) is 0 Å². The zero-order valence-electron chi connectivity index (χ0n) is 16.9. The van der Waals surface area contributed by atoms with Crippen LogP contribution in [0.3, 0.4) is 0 Å². The van der Waals surface area contributed by atoms with Crippen LogP contribution in [0.5, 0.6) is 0 Å². The number of hydrogen-bond donors (Lipinski definition) is 1. The number of hydrogen-bond acceptors (Lipinski definition) is 2. The molecule has 2 heteroatoms. The lowest BCUT2D eigenvalue weighted by molar-refractivity contribution is 0.638. The van der Waals surface area contributed by atoms with Gasteiger partial charge in [0.15, 0.2) is 0 Å². The topological polar surface area (TPSA) is 38.9 Å². The first-order valence-electron chi connectivity index (χ1n) is 9.65. The molecule has 0 saturated carbocycles. The highest BCUT2D eigenvalue weighted by molar-refractivity contribution is 6.02. The lowest BCUT2D eigenvalue weighted by Crippen LogP contribution is -2.07. The summed E-state index contributed by atoms with van der Waals surface area (Å²) in [6.07, 6.45) is 2.18. The predicted molar refractivity (Wildman–Crippen MR) is 114 cm³/mol. The molecular weight excluding hydrogens is 316 g/mol. The van der Waals surface area contributed by atoms with Crippen molar-refractivity contribution in [1.82, 2.24) is 4.98 Å². The van der Waals surface area contributed by atoms with E-state index in [9.17, 15) is 0 Å². The fraction of sp³-hybridized carbons (Fsp3) is 0.375. The summed E-state index contributed by atoms with van der Waals surface area (Å²) in [5.74, 6) is 0.471. The minimum Gasteiger partial charge on any atom is -0.398 e. The van der Waals surface area contributed by atoms with Gasteiger partial charge in [-0.05, 0) is 63.1 Å². The van der Waals surface area contributed by atoms with E-state index in [-0.39, 0.29) is 0 Å². The van der Waals surface area contributed by atoms with E-state index >= 15 is 0 Å². The van der Waals surface area contributed by atoms with Crippen LogP contribution in [0, 0.1) is 27.7 Å². The molecule has 0 atom stereocenters. The second-order valence-corrected chi connectivity index (χ2v) is 7.51. The van der Waals surface area contributed by atoms with Gasteiger partial charge >= 0.3 is 0 Å². The summed E-state index contributed by atoms with van der Waals surface area (Å²) in [6.45, 7) is 13.1. The molecule has 3 aromatic rings. The maximum absolute atomic E-state index is 6.68. The van der Waals surface area contributed by atoms with Crippen molar-refractivity contribution in [2.75, 3.05) is 5.73 Å². The van der Waals surface area contributed by atoms with E-state index in [1.165, 1.54) is 33.4 Å². The summed E-state index contributed by atoms with van der Waals surface area (Å²) >= 11 is 0. The van der Waals surface area contributed by atoms with E-state index in [0.29, 0.717) is 5.92 Å². The van der Waals surface area contributed by atoms with Gasteiger partial charge in [0.2, 0.25) is 0 Å². The van der Waals surface area contributed by atoms with Crippen LogP contribution in [0.2, 0.25) is 0 Å². The van der Waals surface area contributed by atoms with Crippen molar-refractivity contribution in [3.05, 3.63) is 58.3 Å². The van der Waals surface area contributed by atoms with Gasteiger partial charge in [-0.2, -0.15) is 0 Å². The number of anilines is 1. The fourth-order valence-electron chi connectivity index (χ4n) is 4.47. The third-order valence-corrected chi connectivity index (χ3v) is 5.63. The summed E-state index contributed by atoms with van der Waals surface area (Å²) in [7, 11) is 0. The molecule has 1 aromatic heterocycles. The second-order valence-electron chi connectivity index (χ2n) is 7.51. The van der Waals surface area contributed by atoms with Crippen molar-refractivity contribution < 1.29 is 0 Å². The Bertz CT molecular complexity index is 943. The van der Waals surface area contributed by atoms with E-state index in [0.717, 1.165) is 35.1 Å². The van der Waals surface area contributed by atoms with E-state index in [2.05, 4.69) is 71.9 Å². The largest absolute Gasteiger partial charge is 0.398 e. The molecule has 1 heterocycles. The van der Waals surface area contributed by atoms with Crippen LogP contribution < -0.4 is 5.73 Å². The van der Waals surface area contributed by atoms with Gasteiger partial charge in [0.1, 0.15) is 0 Å². The Labute approximate surface area is 157 Å². The molecule has 3 rings (SSSR count). The summed E-state index contributed by atoms with van der Waals surface area (Å²) in [5, 5.41) is 1.08. The number of benzene rings is 2. The monoisotopic (exact) mass is 346 g/mol. The van der Waals surface area contributed by atoms with Gasteiger partial charge in [-0.25, -0.2) is 0 Å². The Morgan fingerprint density at radius 2 is 1.58 bits per heavy atom. The number of pyridine rings is 1. The SMILES string of the molecule is CCC(CC)c1c(C)nc2c(-c3c(C)cc(C)cc3C)cccc2c1N. The Morgan fingerprint density at radius 3 is 2.15 bits per heavy atom. The van der Waals surface area contributed by atoms with Crippen LogP contribution in [0.1, 0.15) is 60.6 Å². The van der Waals surface area contributed by atoms with Crippen molar-refractivity contribution in [3.8, 4) is 11.1 Å². The number of fused-ring (bicyclic) bond motifs is 1. The first kappa shape index (κ1) is 18.4. The highest BCUT2D eigenvalue weighted by Crippen LogP contribution is 2.39. The quantitative estimate of drug-likeness (QED) is 0.576. The third-order valence-electron chi connectivity index (χ3n) is 5.63. The van der Waals surface area contributed by atoms with Gasteiger partial charge in [-0.1, -0.05) is 49.7 Å². The molecule has 0 amide bonds. The summed E-state index contributed by atoms with van der Waals surface area (Å²) in [5.41, 5.74) is 17.2. The van der Waals surface area contributed by atoms with Gasteiger partial charge in [0.05, 0.1) is 5.52 Å². The number of aromatic nitrogens is 1. The van der Waals surface area contributed by atoms with Crippen molar-refractivity contribution in [1.29, 1.82) is 0 Å². The molecule has 0 aliphatic rings. The minimum absolute atomic E-state index is 0.471. The van der Waals surface area contributed by atoms with E-state index in [1.54, 1.807) is 0 Å². The number of nitrogens with zero attached hydrogens (tertiary/aromatic N) is 1. The average molecular weight is 347 g/mol. The Kier molecular flexibility index (Phi) is 5.04. The van der Waals surface area contributed by atoms with Gasteiger partial charge < -0.3 is 5.73 Å². The molecule has 0 spiro atoms. The second kappa shape index (κ2) is 7.11. The van der Waals surface area contributed by atoms with Crippen molar-refractivity contribution in [3.63, 3.8) is 0 Å². The molecule has 2 nitrogen and oxygen atoms in total. The minimum atomic E-state index is 0.471. The Morgan fingerprint density at radius 1 is 0.962 bits per heavy atom. The smallest absolute Gasteiger partial charge is 0.0804 e. The number of rotatable bonds is 4. The van der Waals surface area contributed by atoms with Crippen LogP contribution in [-0.2, 0) is 0 Å². The molecule has 0 radical (unpaired) electrons. The van der Waals surface area contributed by atoms with Crippen molar-refractivity contribution in [2.45, 2.75) is 60.3 Å². The molecule has 0 aliphatic heterocycles. The Balaban J connectivity index is 2.35. The zero-order valence-corrected chi connectivity index (χ0v) is 16.9. The molecule has 0 unspecified atom stereocenters. The van der Waals surface area contributed by atoms with Gasteiger partial charge in [-0.15, -0.1) is 0 Å². The summed E-state index contributed by atoms with van der Waals surface area (Å²) in [4.78, 5) is 5.05. The standard InChI is InChI=1S/C24H30N2/c1-7-18(8-2)22-17(6)26-24-19(10-9-11-20(24)23(22)25)21-15(4)12-14(3)13-16(21)5/h9-13,18H,7-8H2,1-6H3,(H2,25,26). The van der Waals surface area contributed by atoms with Crippen LogP contribution in [0.25, 0.3) is 22.0 Å². The molecule has 26 heavy (non-hydrogen) atoms. The molecule has 0 bridgehead atoms. The van der Waals surface area contributed by atoms with E-state index in [4.69, 9.17) is 10.7 Å². The maximum Gasteiger partial charge on any atom is 0.0804 e. The molecule has 2 aromatic carbocycles. The third kappa shape index (κ3) is 2.98. The van der Waals surface area contributed by atoms with Gasteiger partial charge in [0, 0.05) is 27.9 Å². The number of aryl methyl sites for hydroxylation is 4. The normalized spacial score (nSPS) is 11.5. The van der Waals surface area contributed by atoms with Gasteiger partial charge in [0.25, 0.3) is 0 Å². The van der Waals surface area contributed by atoms with Crippen LogP contribution in [0.4, 0.5) is 5.69 Å². The maximum atomic E-state index is 6.68. The lowest BCUT2D eigenvalue weighted by atomic mass is 9.88. The first-order valence-corrected chi connectivity index (χ1v) is 9.65. The molecular formula is C24H30N2. The summed E-state index contributed by atoms with van der Waals surface area (Å²) in [6, 6.07) is 10.9. The van der Waals surface area contributed by atoms with Crippen LogP contribution in [-0.4, -0.2) is 4.98 Å². The molecule has 0 aliphatic carbocycles. The van der Waals surface area contributed by atoms with Crippen molar-refractivity contribution >= 4 is 16.6 Å². The fourth-order valence-corrected chi connectivity index (χ4v) is 4.47. The van der Waals surface area contributed by atoms with Crippen LogP contribution in [0.15, 0.2) is 30.3 Å². The number of nitrogen functional groups attached to an aromatic ring is 1. The highest BCUT2D eigenvalue weighted by atomic mass is 14.7. The van der Waals surface area contributed by atoms with Gasteiger partial charge in [-0.3, -0.25) is 4.98 Å². The molecule has 2 N–H and O–H groups in total. The van der Waals surface area contributed by atoms with Crippen LogP contribution >= 0.6 is 0 Å². The average Bonchev–Trinajstić information content (AvgIpc) is 2.58. The lowest BCUT2D eigenvalue weighted by Gasteiger charge is -2.21.